The summed E-state index contributed by atoms with van der Waals surface area (Å²) in [6, 6.07) is 9.38. The van der Waals surface area contributed by atoms with Crippen molar-refractivity contribution in [3.8, 4) is 17.1 Å². The monoisotopic (exact) mass is 359 g/mol. The predicted molar refractivity (Wildman–Crippen MR) is 92.6 cm³/mol. The van der Waals surface area contributed by atoms with Gasteiger partial charge in [0.25, 0.3) is 0 Å². The Morgan fingerprint density at radius 3 is 2.64 bits per heavy atom. The van der Waals surface area contributed by atoms with Crippen molar-refractivity contribution in [2.75, 3.05) is 14.2 Å². The molecule has 25 heavy (non-hydrogen) atoms. The Bertz CT molecular complexity index is 870. The fourth-order valence-electron chi connectivity index (χ4n) is 2.30. The Kier molecular flexibility index (Phi) is 5.08. The van der Waals surface area contributed by atoms with Gasteiger partial charge in [-0.1, -0.05) is 11.8 Å². The Morgan fingerprint density at radius 1 is 1.20 bits per heavy atom. The standard InChI is InChI=1S/C17H17N3O4S/c1-20-15(11-4-6-13(22-2)7-5-11)18-19-17(20)25-10-12-8-9-24-14(12)16(21)23-3/h4-9H,10H2,1-3H3. The highest BCUT2D eigenvalue weighted by Crippen LogP contribution is 2.27. The number of carbonyl (C=O) groups excluding carboxylic acids is 1. The van der Waals surface area contributed by atoms with Crippen LogP contribution in [0, 0.1) is 0 Å². The van der Waals surface area contributed by atoms with E-state index in [1.54, 1.807) is 13.2 Å². The lowest BCUT2D eigenvalue weighted by molar-refractivity contribution is 0.0564. The van der Waals surface area contributed by atoms with Crippen LogP contribution in [0.15, 0.2) is 46.2 Å². The number of benzene rings is 1. The molecule has 0 aliphatic carbocycles. The van der Waals surface area contributed by atoms with Crippen molar-refractivity contribution in [2.24, 2.45) is 7.05 Å². The van der Waals surface area contributed by atoms with E-state index < -0.39 is 5.97 Å². The zero-order chi connectivity index (χ0) is 17.8. The molecule has 0 saturated heterocycles. The first-order valence-corrected chi connectivity index (χ1v) is 8.44. The van der Waals surface area contributed by atoms with E-state index in [9.17, 15) is 4.79 Å². The van der Waals surface area contributed by atoms with Crippen LogP contribution in [0.5, 0.6) is 5.75 Å². The van der Waals surface area contributed by atoms with E-state index in [0.717, 1.165) is 27.9 Å². The third-order valence-corrected chi connectivity index (χ3v) is 4.73. The van der Waals surface area contributed by atoms with E-state index in [0.29, 0.717) is 5.75 Å². The zero-order valence-electron chi connectivity index (χ0n) is 14.1. The molecule has 0 aliphatic rings. The van der Waals surface area contributed by atoms with Gasteiger partial charge in [-0.3, -0.25) is 0 Å². The average Bonchev–Trinajstić information content (AvgIpc) is 3.26. The highest BCUT2D eigenvalue weighted by atomic mass is 32.2. The normalized spacial score (nSPS) is 10.7. The molecule has 0 radical (unpaired) electrons. The number of nitrogens with zero attached hydrogens (tertiary/aromatic N) is 3. The van der Waals surface area contributed by atoms with Crippen LogP contribution in [0.1, 0.15) is 16.1 Å². The van der Waals surface area contributed by atoms with Crippen molar-refractivity contribution in [2.45, 2.75) is 10.9 Å². The minimum Gasteiger partial charge on any atom is -0.497 e. The molecule has 7 nitrogen and oxygen atoms in total. The summed E-state index contributed by atoms with van der Waals surface area (Å²) in [5.74, 6) is 1.79. The summed E-state index contributed by atoms with van der Waals surface area (Å²) in [5.41, 5.74) is 1.70. The lowest BCUT2D eigenvalue weighted by atomic mass is 10.2. The SMILES string of the molecule is COC(=O)c1occc1CSc1nnc(-c2ccc(OC)cc2)n1C. The Labute approximate surface area is 149 Å². The van der Waals surface area contributed by atoms with Crippen LogP contribution in [0.2, 0.25) is 0 Å². The van der Waals surface area contributed by atoms with Crippen LogP contribution in [0.3, 0.4) is 0 Å². The maximum Gasteiger partial charge on any atom is 0.374 e. The number of hydrogen-bond donors (Lipinski definition) is 0. The Balaban J connectivity index is 1.75. The van der Waals surface area contributed by atoms with Gasteiger partial charge in [0.1, 0.15) is 5.75 Å². The molecule has 0 unspecified atom stereocenters. The van der Waals surface area contributed by atoms with Crippen molar-refractivity contribution in [3.63, 3.8) is 0 Å². The number of rotatable bonds is 6. The van der Waals surface area contributed by atoms with E-state index in [4.69, 9.17) is 13.9 Å². The highest BCUT2D eigenvalue weighted by molar-refractivity contribution is 7.98. The van der Waals surface area contributed by atoms with E-state index in [1.807, 2.05) is 35.9 Å². The van der Waals surface area contributed by atoms with Crippen LogP contribution in [0.4, 0.5) is 0 Å². The number of thioether (sulfide) groups is 1. The lowest BCUT2D eigenvalue weighted by Gasteiger charge is -2.05. The van der Waals surface area contributed by atoms with Crippen molar-refractivity contribution in [3.05, 3.63) is 47.9 Å². The van der Waals surface area contributed by atoms with Crippen molar-refractivity contribution in [1.29, 1.82) is 0 Å². The van der Waals surface area contributed by atoms with Crippen LogP contribution in [0.25, 0.3) is 11.4 Å². The molecule has 0 saturated carbocycles. The molecule has 2 aromatic heterocycles. The number of ether oxygens (including phenoxy) is 2. The molecule has 0 fully saturated rings. The number of esters is 1. The summed E-state index contributed by atoms with van der Waals surface area (Å²) in [4.78, 5) is 11.6. The molecule has 1 aromatic carbocycles. The van der Waals surface area contributed by atoms with Crippen molar-refractivity contribution in [1.82, 2.24) is 14.8 Å². The second kappa shape index (κ2) is 7.43. The first-order chi connectivity index (χ1) is 12.1. The minimum absolute atomic E-state index is 0.215. The van der Waals surface area contributed by atoms with Gasteiger partial charge in [-0.25, -0.2) is 4.79 Å². The molecular formula is C17H17N3O4S. The van der Waals surface area contributed by atoms with Crippen LogP contribution in [-0.4, -0.2) is 35.0 Å². The minimum atomic E-state index is -0.488. The third-order valence-electron chi connectivity index (χ3n) is 3.66. The van der Waals surface area contributed by atoms with Gasteiger partial charge in [0.2, 0.25) is 5.76 Å². The predicted octanol–water partition coefficient (Wildman–Crippen LogP) is 3.16. The van der Waals surface area contributed by atoms with E-state index in [1.165, 1.54) is 25.1 Å². The van der Waals surface area contributed by atoms with Gasteiger partial charge in [-0.05, 0) is 30.3 Å². The van der Waals surface area contributed by atoms with Gasteiger partial charge in [0.15, 0.2) is 11.0 Å². The average molecular weight is 359 g/mol. The Morgan fingerprint density at radius 2 is 1.96 bits per heavy atom. The molecule has 0 aliphatic heterocycles. The first-order valence-electron chi connectivity index (χ1n) is 7.45. The third kappa shape index (κ3) is 3.53. The molecule has 0 amide bonds. The number of aromatic nitrogens is 3. The van der Waals surface area contributed by atoms with E-state index in [2.05, 4.69) is 10.2 Å². The number of hydrogen-bond acceptors (Lipinski definition) is 7. The van der Waals surface area contributed by atoms with Gasteiger partial charge in [-0.2, -0.15) is 0 Å². The highest BCUT2D eigenvalue weighted by Gasteiger charge is 2.17. The second-order valence-electron chi connectivity index (χ2n) is 5.15. The number of methoxy groups -OCH3 is 2. The molecule has 0 spiro atoms. The summed E-state index contributed by atoms with van der Waals surface area (Å²) < 4.78 is 17.0. The molecule has 3 rings (SSSR count). The first kappa shape index (κ1) is 17.1. The zero-order valence-corrected chi connectivity index (χ0v) is 14.9. The molecule has 8 heteroatoms. The molecule has 3 aromatic rings. The summed E-state index contributed by atoms with van der Waals surface area (Å²) in [5, 5.41) is 9.22. The molecule has 130 valence electrons. The smallest absolute Gasteiger partial charge is 0.374 e. The van der Waals surface area contributed by atoms with Crippen LogP contribution in [-0.2, 0) is 17.5 Å². The second-order valence-corrected chi connectivity index (χ2v) is 6.09. The van der Waals surface area contributed by atoms with E-state index in [-0.39, 0.29) is 5.76 Å². The fourth-order valence-corrected chi connectivity index (χ4v) is 3.19. The molecule has 0 atom stereocenters. The van der Waals surface area contributed by atoms with Gasteiger partial charge < -0.3 is 18.5 Å². The maximum absolute atomic E-state index is 11.6. The summed E-state index contributed by atoms with van der Waals surface area (Å²) >= 11 is 1.47. The number of carbonyl (C=O) groups is 1. The van der Waals surface area contributed by atoms with Gasteiger partial charge in [0, 0.05) is 23.9 Å². The quantitative estimate of drug-likeness (QED) is 0.494. The lowest BCUT2D eigenvalue weighted by Crippen LogP contribution is -2.02. The van der Waals surface area contributed by atoms with E-state index >= 15 is 0 Å². The van der Waals surface area contributed by atoms with Gasteiger partial charge in [0.05, 0.1) is 20.5 Å². The Hall–Kier alpha value is -2.74. The van der Waals surface area contributed by atoms with Crippen molar-refractivity contribution < 1.29 is 18.7 Å². The summed E-state index contributed by atoms with van der Waals surface area (Å²) in [6.45, 7) is 0. The fraction of sp³-hybridized carbons (Fsp3) is 0.235. The van der Waals surface area contributed by atoms with Gasteiger partial charge >= 0.3 is 5.97 Å². The summed E-state index contributed by atoms with van der Waals surface area (Å²) in [6.07, 6.45) is 1.47. The summed E-state index contributed by atoms with van der Waals surface area (Å²) in [7, 11) is 4.86. The largest absolute Gasteiger partial charge is 0.497 e. The molecule has 2 heterocycles. The molecule has 0 N–H and O–H groups in total. The van der Waals surface area contributed by atoms with Crippen LogP contribution < -0.4 is 4.74 Å². The molecule has 0 bridgehead atoms. The topological polar surface area (TPSA) is 79.4 Å². The maximum atomic E-state index is 11.6. The van der Waals surface area contributed by atoms with Crippen molar-refractivity contribution >= 4 is 17.7 Å². The number of furan rings is 1. The van der Waals surface area contributed by atoms with Gasteiger partial charge in [-0.15, -0.1) is 10.2 Å². The molecular weight excluding hydrogens is 342 g/mol. The van der Waals surface area contributed by atoms with Crippen LogP contribution >= 0.6 is 11.8 Å².